The molecule has 8 heavy (non-hydrogen) atoms. The number of nitrogens with zero attached hydrogens (tertiary/aromatic N) is 1. The van der Waals surface area contributed by atoms with Crippen LogP contribution in [0.4, 0.5) is 0 Å². The van der Waals surface area contributed by atoms with Crippen molar-refractivity contribution in [3.05, 3.63) is 11.6 Å². The van der Waals surface area contributed by atoms with Crippen LogP contribution in [0.5, 0.6) is 0 Å². The molecule has 0 saturated heterocycles. The summed E-state index contributed by atoms with van der Waals surface area (Å²) in [6, 6.07) is 0. The van der Waals surface area contributed by atoms with Crippen molar-refractivity contribution in [3.63, 3.8) is 0 Å². The van der Waals surface area contributed by atoms with Crippen LogP contribution in [0.3, 0.4) is 0 Å². The number of aliphatic imine (C=N–C) groups is 1. The molecule has 0 aliphatic rings. The quantitative estimate of drug-likeness (QED) is 0.409. The molecular formula is C6H10GaN. The summed E-state index contributed by atoms with van der Waals surface area (Å²) in [5, 5.41) is 0. The second-order valence-corrected chi connectivity index (χ2v) is 2.73. The molecule has 0 bridgehead atoms. The van der Waals surface area contributed by atoms with Gasteiger partial charge in [-0.3, -0.25) is 0 Å². The van der Waals surface area contributed by atoms with Crippen molar-refractivity contribution in [3.8, 4) is 0 Å². The zero-order valence-electron chi connectivity index (χ0n) is 5.60. The number of rotatable bonds is 1. The predicted molar refractivity (Wildman–Crippen MR) is 38.5 cm³/mol. The maximum atomic E-state index is 4.04. The minimum atomic E-state index is 1.18. The van der Waals surface area contributed by atoms with Crippen molar-refractivity contribution < 1.29 is 0 Å². The molecule has 0 rings (SSSR count). The fraction of sp³-hybridized carbons (Fsp3) is 0.500. The van der Waals surface area contributed by atoms with Gasteiger partial charge >= 0.3 is 60.4 Å². The van der Waals surface area contributed by atoms with Gasteiger partial charge in [0.05, 0.1) is 0 Å². The first-order valence-corrected chi connectivity index (χ1v) is 3.79. The molecule has 0 fully saturated rings. The summed E-state index contributed by atoms with van der Waals surface area (Å²) in [6.07, 6.45) is 2.07. The van der Waals surface area contributed by atoms with Crippen molar-refractivity contribution in [2.45, 2.75) is 13.8 Å². The third-order valence-electron chi connectivity index (χ3n) is 1.08. The van der Waals surface area contributed by atoms with Gasteiger partial charge in [0.2, 0.25) is 0 Å². The second-order valence-electron chi connectivity index (χ2n) is 1.58. The molecule has 0 heterocycles. The van der Waals surface area contributed by atoms with Gasteiger partial charge < -0.3 is 0 Å². The van der Waals surface area contributed by atoms with Crippen LogP contribution in [-0.2, 0) is 0 Å². The van der Waals surface area contributed by atoms with Crippen LogP contribution < -0.4 is 0 Å². The van der Waals surface area contributed by atoms with Crippen molar-refractivity contribution in [2.24, 2.45) is 4.99 Å². The summed E-state index contributed by atoms with van der Waals surface area (Å²) in [7, 11) is 1.82. The molecule has 0 atom stereocenters. The van der Waals surface area contributed by atoms with Crippen LogP contribution in [0.15, 0.2) is 16.6 Å². The average Bonchev–Trinajstić information content (AvgIpc) is 1.84. The van der Waals surface area contributed by atoms with E-state index in [0.29, 0.717) is 0 Å². The van der Waals surface area contributed by atoms with Crippen LogP contribution in [0, 0.1) is 0 Å². The molecule has 0 aliphatic carbocycles. The van der Waals surface area contributed by atoms with Gasteiger partial charge in [0.25, 0.3) is 0 Å². The fourth-order valence-electron chi connectivity index (χ4n) is 0.324. The van der Waals surface area contributed by atoms with Crippen molar-refractivity contribution in [2.75, 3.05) is 7.05 Å². The molecular weight excluding hydrogens is 156 g/mol. The summed E-state index contributed by atoms with van der Waals surface area (Å²) in [6.45, 7) is 4.10. The molecule has 0 unspecified atom stereocenters. The zero-order chi connectivity index (χ0) is 6.57. The van der Waals surface area contributed by atoms with Crippen LogP contribution in [0.1, 0.15) is 13.8 Å². The zero-order valence-corrected chi connectivity index (χ0v) is 8.02. The monoisotopic (exact) mass is 165 g/mol. The predicted octanol–water partition coefficient (Wildman–Crippen LogP) is 1.15. The molecule has 0 aliphatic heterocycles. The van der Waals surface area contributed by atoms with E-state index in [4.69, 9.17) is 0 Å². The van der Waals surface area contributed by atoms with Crippen LogP contribution in [-0.4, -0.2) is 29.9 Å². The standard InChI is InChI=1S/C6H10N.Ga/c1-4-6(2)5-7-3;/h4H,1-3H3;. The summed E-state index contributed by atoms with van der Waals surface area (Å²) in [4.78, 5) is 4.04. The Morgan fingerprint density at radius 1 is 1.62 bits per heavy atom. The van der Waals surface area contributed by atoms with Gasteiger partial charge in [0.1, 0.15) is 0 Å². The molecule has 2 radical (unpaired) electrons. The van der Waals surface area contributed by atoms with Gasteiger partial charge in [0.15, 0.2) is 0 Å². The van der Waals surface area contributed by atoms with Gasteiger partial charge in [-0.1, -0.05) is 0 Å². The van der Waals surface area contributed by atoms with Crippen molar-refractivity contribution >= 4 is 22.9 Å². The van der Waals surface area contributed by atoms with Crippen LogP contribution in [0.25, 0.3) is 0 Å². The Kier molecular flexibility index (Phi) is 4.00. The van der Waals surface area contributed by atoms with E-state index in [-0.39, 0.29) is 0 Å². The normalized spacial score (nSPS) is 14.4. The van der Waals surface area contributed by atoms with Gasteiger partial charge in [-0.15, -0.1) is 0 Å². The maximum absolute atomic E-state index is 4.04. The first-order valence-electron chi connectivity index (χ1n) is 2.58. The van der Waals surface area contributed by atoms with E-state index in [1.807, 2.05) is 14.0 Å². The van der Waals surface area contributed by atoms with Gasteiger partial charge in [-0.2, -0.15) is 0 Å². The molecule has 0 amide bonds. The Hall–Kier alpha value is 0.0464. The fourth-order valence-corrected chi connectivity index (χ4v) is 0.674. The summed E-state index contributed by atoms with van der Waals surface area (Å²) in [5.74, 6) is 0. The molecule has 0 spiro atoms. The van der Waals surface area contributed by atoms with Gasteiger partial charge in [0, 0.05) is 0 Å². The van der Waals surface area contributed by atoms with Gasteiger partial charge in [-0.05, 0) is 0 Å². The summed E-state index contributed by atoms with van der Waals surface area (Å²) in [5.41, 5.74) is 1.28. The van der Waals surface area contributed by atoms with E-state index >= 15 is 0 Å². The molecule has 0 N–H and O–H groups in total. The second kappa shape index (κ2) is 3.98. The minimum absolute atomic E-state index is 1.18. The van der Waals surface area contributed by atoms with E-state index in [2.05, 4.69) is 18.0 Å². The molecule has 2 heteroatoms. The summed E-state index contributed by atoms with van der Waals surface area (Å²) >= 11 is 1.58. The van der Waals surface area contributed by atoms with E-state index in [1.54, 1.807) is 18.6 Å². The third-order valence-corrected chi connectivity index (χ3v) is 2.58. The first kappa shape index (κ1) is 8.05. The first-order chi connectivity index (χ1) is 3.72. The van der Waals surface area contributed by atoms with E-state index in [1.165, 1.54) is 9.84 Å². The van der Waals surface area contributed by atoms with Crippen LogP contribution >= 0.6 is 0 Å². The number of hydrogen-bond acceptors (Lipinski definition) is 1. The number of allylic oxidation sites excluding steroid dienone is 2. The topological polar surface area (TPSA) is 12.4 Å². The molecule has 42 valence electrons. The third kappa shape index (κ3) is 2.38. The Balaban J connectivity index is 4.04. The molecule has 0 saturated carbocycles. The summed E-state index contributed by atoms with van der Waals surface area (Å²) < 4.78 is 1.18. The van der Waals surface area contributed by atoms with Crippen LogP contribution in [0.2, 0.25) is 0 Å². The SMILES string of the molecule is CC=C(C)[C]([Ga])=NC. The van der Waals surface area contributed by atoms with E-state index in [9.17, 15) is 0 Å². The van der Waals surface area contributed by atoms with Crippen molar-refractivity contribution in [1.29, 1.82) is 0 Å². The Morgan fingerprint density at radius 2 is 2.12 bits per heavy atom. The van der Waals surface area contributed by atoms with E-state index < -0.39 is 0 Å². The molecule has 0 aromatic heterocycles. The number of hydrogen-bond donors (Lipinski definition) is 0. The van der Waals surface area contributed by atoms with Crippen molar-refractivity contribution in [1.82, 2.24) is 0 Å². The van der Waals surface area contributed by atoms with Gasteiger partial charge in [-0.25, -0.2) is 0 Å². The van der Waals surface area contributed by atoms with E-state index in [0.717, 1.165) is 0 Å². The average molecular weight is 166 g/mol. The molecule has 1 nitrogen and oxygen atoms in total. The Bertz CT molecular complexity index is 108. The molecule has 0 aromatic carbocycles. The Labute approximate surface area is 60.8 Å². The molecule has 0 aromatic rings. The Morgan fingerprint density at radius 3 is 2.25 bits per heavy atom.